The van der Waals surface area contributed by atoms with Crippen LogP contribution < -0.4 is 15.2 Å². The number of carbonyl (C=O) groups is 1. The number of rotatable bonds is 4. The maximum Gasteiger partial charge on any atom is 0.135 e. The number of ether oxygens (including phenoxy) is 1. The van der Waals surface area contributed by atoms with Gasteiger partial charge in [-0.15, -0.1) is 12.4 Å². The van der Waals surface area contributed by atoms with Crippen molar-refractivity contribution in [3.05, 3.63) is 95.3 Å². The third-order valence-corrected chi connectivity index (χ3v) is 6.31. The van der Waals surface area contributed by atoms with Crippen molar-refractivity contribution in [1.82, 2.24) is 5.32 Å². The summed E-state index contributed by atoms with van der Waals surface area (Å²) in [4.78, 5) is 12.4. The van der Waals surface area contributed by atoms with E-state index >= 15 is 0 Å². The average Bonchev–Trinajstić information content (AvgIpc) is 3.28. The number of carbonyl (C=O) groups excluding carboxylic acids is 1. The van der Waals surface area contributed by atoms with E-state index in [1.54, 1.807) is 0 Å². The molecule has 2 heterocycles. The zero-order valence-electron chi connectivity index (χ0n) is 16.5. The van der Waals surface area contributed by atoms with Crippen LogP contribution >= 0.6 is 12.4 Å². The summed E-state index contributed by atoms with van der Waals surface area (Å²) >= 11 is 0. The number of hydrogen-bond donors (Lipinski definition) is 1. The van der Waals surface area contributed by atoms with Gasteiger partial charge in [-0.2, -0.15) is 0 Å². The summed E-state index contributed by atoms with van der Waals surface area (Å²) in [7, 11) is 0. The first-order chi connectivity index (χ1) is 14.2. The Kier molecular flexibility index (Phi) is 5.54. The van der Waals surface area contributed by atoms with Gasteiger partial charge in [-0.3, -0.25) is 0 Å². The molecule has 30 heavy (non-hydrogen) atoms. The summed E-state index contributed by atoms with van der Waals surface area (Å²) in [6.45, 7) is 1.77. The van der Waals surface area contributed by atoms with Gasteiger partial charge in [0.1, 0.15) is 11.5 Å². The van der Waals surface area contributed by atoms with Gasteiger partial charge in [-0.25, -0.2) is 0 Å². The lowest BCUT2D eigenvalue weighted by Crippen LogP contribution is -2.41. The Morgan fingerprint density at radius 3 is 2.63 bits per heavy atom. The van der Waals surface area contributed by atoms with Crippen LogP contribution in [0, 0.1) is 11.3 Å². The first-order valence-electron chi connectivity index (χ1n) is 10.1. The van der Waals surface area contributed by atoms with Crippen LogP contribution in [-0.2, 0) is 11.2 Å². The summed E-state index contributed by atoms with van der Waals surface area (Å²) in [5.41, 5.74) is 2.30. The Balaban J connectivity index is 0.00000218. The van der Waals surface area contributed by atoms with Crippen LogP contribution in [0.1, 0.15) is 17.5 Å². The van der Waals surface area contributed by atoms with Gasteiger partial charge in [0.25, 0.3) is 0 Å². The summed E-state index contributed by atoms with van der Waals surface area (Å²) < 4.78 is 6.21. The topological polar surface area (TPSA) is 61.4 Å². The molecule has 1 aliphatic carbocycles. The molecular weight excluding hydrogens is 398 g/mol. The molecule has 1 fully saturated rings. The lowest BCUT2D eigenvalue weighted by atomic mass is 9.61. The molecule has 154 valence electrons. The molecule has 4 nitrogen and oxygen atoms in total. The Hall–Kier alpha value is -2.82. The molecule has 2 aliphatic heterocycles. The second-order valence-electron chi connectivity index (χ2n) is 7.92. The Bertz CT molecular complexity index is 1050. The van der Waals surface area contributed by atoms with Crippen molar-refractivity contribution in [3.8, 4) is 5.75 Å². The molecule has 3 aliphatic rings. The van der Waals surface area contributed by atoms with E-state index in [1.807, 2.05) is 54.6 Å². The summed E-state index contributed by atoms with van der Waals surface area (Å²) in [5, 5.41) is 15.9. The zero-order chi connectivity index (χ0) is 19.8. The van der Waals surface area contributed by atoms with Gasteiger partial charge < -0.3 is 20.0 Å². The first kappa shape index (κ1) is 20.5. The molecule has 0 aromatic heterocycles. The van der Waals surface area contributed by atoms with Crippen LogP contribution in [0.5, 0.6) is 5.75 Å². The third kappa shape index (κ3) is 3.26. The molecule has 0 bridgehead atoms. The number of fused-ring (bicyclic) bond motifs is 2. The second-order valence-corrected chi connectivity index (χ2v) is 7.92. The van der Waals surface area contributed by atoms with Crippen molar-refractivity contribution >= 4 is 23.9 Å². The number of nitrogens with one attached hydrogen (secondary N) is 1. The predicted octanol–water partition coefficient (Wildman–Crippen LogP) is 3.30. The van der Waals surface area contributed by atoms with E-state index < -0.39 is 11.4 Å². The van der Waals surface area contributed by atoms with Gasteiger partial charge in [0.15, 0.2) is 0 Å². The van der Waals surface area contributed by atoms with Crippen LogP contribution in [0.2, 0.25) is 0 Å². The van der Waals surface area contributed by atoms with E-state index in [0.717, 1.165) is 25.1 Å². The Labute approximate surface area is 182 Å². The second kappa shape index (κ2) is 8.13. The van der Waals surface area contributed by atoms with Crippen LogP contribution in [0.25, 0.3) is 5.57 Å². The first-order valence-corrected chi connectivity index (χ1v) is 10.1. The quantitative estimate of drug-likeness (QED) is 0.824. The summed E-state index contributed by atoms with van der Waals surface area (Å²) in [6.07, 6.45) is 7.76. The van der Waals surface area contributed by atoms with Crippen LogP contribution in [0.4, 0.5) is 0 Å². The minimum atomic E-state index is -1.15. The van der Waals surface area contributed by atoms with Crippen molar-refractivity contribution in [2.45, 2.75) is 12.8 Å². The van der Waals surface area contributed by atoms with Crippen molar-refractivity contribution in [2.75, 3.05) is 13.1 Å². The number of aliphatic carboxylic acids is 1. The fraction of sp³-hybridized carbons (Fsp3) is 0.240. The maximum atomic E-state index is 12.4. The molecule has 0 spiro atoms. The number of halogens is 1. The lowest BCUT2D eigenvalue weighted by molar-refractivity contribution is -0.295. The molecule has 1 saturated heterocycles. The van der Waals surface area contributed by atoms with Crippen molar-refractivity contribution in [3.63, 3.8) is 0 Å². The van der Waals surface area contributed by atoms with Crippen LogP contribution in [-0.4, -0.2) is 19.1 Å². The van der Waals surface area contributed by atoms with Crippen LogP contribution in [0.3, 0.4) is 0 Å². The molecule has 2 aromatic carbocycles. The zero-order valence-corrected chi connectivity index (χ0v) is 17.3. The van der Waals surface area contributed by atoms with Gasteiger partial charge in [0.2, 0.25) is 0 Å². The molecular formula is C25H23ClNO3-. The highest BCUT2D eigenvalue weighted by atomic mass is 35.5. The number of hydrogen-bond acceptors (Lipinski definition) is 4. The highest BCUT2D eigenvalue weighted by Gasteiger charge is 2.47. The summed E-state index contributed by atoms with van der Waals surface area (Å²) in [6, 6.07) is 17.6. The van der Waals surface area contributed by atoms with E-state index in [2.05, 4.69) is 23.5 Å². The monoisotopic (exact) mass is 420 g/mol. The Morgan fingerprint density at radius 1 is 1.13 bits per heavy atom. The Morgan fingerprint density at radius 2 is 1.90 bits per heavy atom. The smallest absolute Gasteiger partial charge is 0.135 e. The summed E-state index contributed by atoms with van der Waals surface area (Å²) in [5.74, 6) is 0.296. The minimum absolute atomic E-state index is 0. The molecule has 5 rings (SSSR count). The van der Waals surface area contributed by atoms with E-state index in [-0.39, 0.29) is 23.9 Å². The average molecular weight is 421 g/mol. The SMILES string of the molecule is Cl.O=C([O-])C1=C2C(=CC=CC2(Cc2ccccc2)C2CCNC2)Oc2ccccc21. The van der Waals surface area contributed by atoms with E-state index in [9.17, 15) is 9.90 Å². The van der Waals surface area contributed by atoms with Gasteiger partial charge in [-0.05, 0) is 49.6 Å². The van der Waals surface area contributed by atoms with Crippen molar-refractivity contribution in [2.24, 2.45) is 11.3 Å². The molecule has 2 atom stereocenters. The van der Waals surface area contributed by atoms with Crippen molar-refractivity contribution < 1.29 is 14.6 Å². The van der Waals surface area contributed by atoms with Gasteiger partial charge in [0, 0.05) is 22.1 Å². The highest BCUT2D eigenvalue weighted by molar-refractivity contribution is 6.18. The van der Waals surface area contributed by atoms with E-state index in [1.165, 1.54) is 5.56 Å². The number of allylic oxidation sites excluding steroid dienone is 4. The molecule has 5 heteroatoms. The van der Waals surface area contributed by atoms with E-state index in [4.69, 9.17) is 4.74 Å². The number of benzene rings is 2. The maximum absolute atomic E-state index is 12.4. The normalized spacial score (nSPS) is 24.3. The van der Waals surface area contributed by atoms with Gasteiger partial charge in [-0.1, -0.05) is 60.7 Å². The highest BCUT2D eigenvalue weighted by Crippen LogP contribution is 2.53. The minimum Gasteiger partial charge on any atom is -0.545 e. The molecule has 0 radical (unpaired) electrons. The predicted molar refractivity (Wildman–Crippen MR) is 117 cm³/mol. The number of carboxylic acids is 1. The largest absolute Gasteiger partial charge is 0.545 e. The molecule has 2 aromatic rings. The van der Waals surface area contributed by atoms with Gasteiger partial charge in [0.05, 0.1) is 5.97 Å². The standard InChI is InChI=1S/C25H23NO3.ClH/c27-24(28)22-19-9-4-5-10-20(19)29-21-11-6-13-25(23(21)22,18-12-14-26-16-18)15-17-7-2-1-3-8-17;/h1-11,13,18,26H,12,14-16H2,(H,27,28);1H/p-1. The molecule has 0 saturated carbocycles. The fourth-order valence-electron chi connectivity index (χ4n) is 5.03. The van der Waals surface area contributed by atoms with Gasteiger partial charge >= 0.3 is 0 Å². The van der Waals surface area contributed by atoms with Crippen LogP contribution in [0.15, 0.2) is 84.2 Å². The number of carboxylic acid groups (broad SMARTS) is 1. The fourth-order valence-corrected chi connectivity index (χ4v) is 5.03. The third-order valence-electron chi connectivity index (χ3n) is 6.31. The van der Waals surface area contributed by atoms with Crippen molar-refractivity contribution in [1.29, 1.82) is 0 Å². The number of para-hydroxylation sites is 1. The lowest BCUT2D eigenvalue weighted by Gasteiger charge is -2.44. The molecule has 1 N–H and O–H groups in total. The molecule has 2 unspecified atom stereocenters. The van der Waals surface area contributed by atoms with E-state index in [0.29, 0.717) is 23.5 Å². The molecule has 0 amide bonds.